The lowest BCUT2D eigenvalue weighted by Gasteiger charge is -2.53. The summed E-state index contributed by atoms with van der Waals surface area (Å²) in [7, 11) is 0. The van der Waals surface area contributed by atoms with Crippen LogP contribution >= 0.6 is 0 Å². The lowest BCUT2D eigenvalue weighted by Crippen LogP contribution is -2.47. The fraction of sp³-hybridized carbons (Fsp3) is 0.707. The van der Waals surface area contributed by atoms with Crippen LogP contribution in [0.2, 0.25) is 0 Å². The molecule has 0 N–H and O–H groups in total. The number of rotatable bonds is 10. The second-order valence-corrected chi connectivity index (χ2v) is 16.9. The Balaban J connectivity index is 1.73. The van der Waals surface area contributed by atoms with Crippen LogP contribution in [0.3, 0.4) is 0 Å². The summed E-state index contributed by atoms with van der Waals surface area (Å²) in [6.07, 6.45) is 34.4. The van der Waals surface area contributed by atoms with E-state index in [2.05, 4.69) is 105 Å². The predicted molar refractivity (Wildman–Crippen MR) is 180 cm³/mol. The van der Waals surface area contributed by atoms with Gasteiger partial charge in [-0.05, 0) is 114 Å². The van der Waals surface area contributed by atoms with E-state index in [1.165, 1.54) is 70.6 Å². The highest BCUT2D eigenvalue weighted by atomic mass is 14.7. The monoisotopic (exact) mass is 554 g/mol. The molecule has 0 heteroatoms. The molecule has 0 heterocycles. The minimum Gasteiger partial charge on any atom is -0.103 e. The van der Waals surface area contributed by atoms with Crippen LogP contribution in [0.5, 0.6) is 0 Å². The van der Waals surface area contributed by atoms with Crippen LogP contribution in [-0.4, -0.2) is 0 Å². The van der Waals surface area contributed by atoms with Gasteiger partial charge in [0.25, 0.3) is 0 Å². The average molecular weight is 555 g/mol. The van der Waals surface area contributed by atoms with E-state index >= 15 is 0 Å². The van der Waals surface area contributed by atoms with Crippen molar-refractivity contribution in [1.29, 1.82) is 0 Å². The Morgan fingerprint density at radius 1 is 0.878 bits per heavy atom. The molecule has 0 amide bonds. The molecule has 0 spiro atoms. The van der Waals surface area contributed by atoms with Gasteiger partial charge >= 0.3 is 0 Å². The molecule has 1 saturated carbocycles. The van der Waals surface area contributed by atoms with E-state index < -0.39 is 0 Å². The summed E-state index contributed by atoms with van der Waals surface area (Å²) in [6.45, 7) is 24.0. The van der Waals surface area contributed by atoms with Gasteiger partial charge in [0.1, 0.15) is 0 Å². The number of hydrogen-bond donors (Lipinski definition) is 0. The fourth-order valence-corrected chi connectivity index (χ4v) is 10.3. The average Bonchev–Trinajstić information content (AvgIpc) is 3.60. The van der Waals surface area contributed by atoms with Crippen molar-refractivity contribution in [2.45, 2.75) is 132 Å². The zero-order valence-corrected chi connectivity index (χ0v) is 28.1. The van der Waals surface area contributed by atoms with E-state index in [1.807, 2.05) is 11.1 Å². The summed E-state index contributed by atoms with van der Waals surface area (Å²) in [5.41, 5.74) is 7.73. The quantitative estimate of drug-likeness (QED) is 0.186. The Hall–Kier alpha value is -1.56. The molecule has 0 aliphatic heterocycles. The van der Waals surface area contributed by atoms with Gasteiger partial charge in [-0.15, -0.1) is 6.58 Å². The molecule has 0 saturated heterocycles. The van der Waals surface area contributed by atoms with Crippen molar-refractivity contribution in [3.63, 3.8) is 0 Å². The van der Waals surface area contributed by atoms with Crippen molar-refractivity contribution >= 4 is 0 Å². The second kappa shape index (κ2) is 11.5. The Kier molecular flexibility index (Phi) is 8.67. The van der Waals surface area contributed by atoms with Gasteiger partial charge in [-0.3, -0.25) is 0 Å². The summed E-state index contributed by atoms with van der Waals surface area (Å²) in [4.78, 5) is 0. The SMILES string of the molecule is C=CCCC(C)(C1CCC2=C1CCC2)C1C2C=C(C(C)(C)C)C=CC2C2C=CC(C(C)(C)C)=CC21CCCCCC. The van der Waals surface area contributed by atoms with Crippen molar-refractivity contribution in [2.24, 2.45) is 51.2 Å². The fourth-order valence-electron chi connectivity index (χ4n) is 10.3. The number of unbranched alkanes of at least 4 members (excludes halogenated alkanes) is 3. The third kappa shape index (κ3) is 5.49. The normalized spacial score (nSPS) is 34.2. The predicted octanol–water partition coefficient (Wildman–Crippen LogP) is 12.4. The first-order valence-corrected chi connectivity index (χ1v) is 17.5. The molecule has 226 valence electrons. The highest BCUT2D eigenvalue weighted by Crippen LogP contribution is 2.71. The highest BCUT2D eigenvalue weighted by Gasteiger charge is 2.64. The van der Waals surface area contributed by atoms with Crippen LogP contribution in [0, 0.1) is 51.2 Å². The summed E-state index contributed by atoms with van der Waals surface area (Å²) >= 11 is 0. The Bertz CT molecular complexity index is 1140. The van der Waals surface area contributed by atoms with Gasteiger partial charge in [-0.2, -0.15) is 0 Å². The van der Waals surface area contributed by atoms with Crippen molar-refractivity contribution < 1.29 is 0 Å². The zero-order chi connectivity index (χ0) is 29.6. The molecule has 5 rings (SSSR count). The van der Waals surface area contributed by atoms with Gasteiger partial charge in [0.05, 0.1) is 0 Å². The molecule has 7 unspecified atom stereocenters. The topological polar surface area (TPSA) is 0 Å². The minimum absolute atomic E-state index is 0.171. The maximum Gasteiger partial charge on any atom is -0.000406 e. The highest BCUT2D eigenvalue weighted by molar-refractivity contribution is 5.43. The van der Waals surface area contributed by atoms with Crippen LogP contribution in [0.1, 0.15) is 132 Å². The van der Waals surface area contributed by atoms with Crippen LogP contribution in [0.15, 0.2) is 71.4 Å². The molecule has 5 aliphatic carbocycles. The molecule has 0 nitrogen and oxygen atoms in total. The second-order valence-electron chi connectivity index (χ2n) is 16.9. The number of allylic oxidation sites excluding steroid dienone is 11. The summed E-state index contributed by atoms with van der Waals surface area (Å²) < 4.78 is 0. The first-order chi connectivity index (χ1) is 19.4. The molecular weight excluding hydrogens is 492 g/mol. The van der Waals surface area contributed by atoms with Crippen LogP contribution in [-0.2, 0) is 0 Å². The first-order valence-electron chi connectivity index (χ1n) is 17.5. The molecule has 0 bridgehead atoms. The van der Waals surface area contributed by atoms with E-state index in [0.29, 0.717) is 23.7 Å². The van der Waals surface area contributed by atoms with Gasteiger partial charge in [0.2, 0.25) is 0 Å². The van der Waals surface area contributed by atoms with Crippen LogP contribution in [0.4, 0.5) is 0 Å². The molecule has 41 heavy (non-hydrogen) atoms. The molecule has 5 aliphatic rings. The van der Waals surface area contributed by atoms with Crippen molar-refractivity contribution in [3.8, 4) is 0 Å². The van der Waals surface area contributed by atoms with Crippen molar-refractivity contribution in [3.05, 3.63) is 71.4 Å². The summed E-state index contributed by atoms with van der Waals surface area (Å²) in [5, 5.41) is 0. The van der Waals surface area contributed by atoms with E-state index in [4.69, 9.17) is 0 Å². The van der Waals surface area contributed by atoms with Crippen molar-refractivity contribution in [1.82, 2.24) is 0 Å². The molecule has 0 radical (unpaired) electrons. The zero-order valence-electron chi connectivity index (χ0n) is 28.1. The third-order valence-corrected chi connectivity index (χ3v) is 12.3. The largest absolute Gasteiger partial charge is 0.103 e. The number of fused-ring (bicyclic) bond motifs is 3. The number of hydrogen-bond acceptors (Lipinski definition) is 0. The van der Waals surface area contributed by atoms with E-state index in [0.717, 1.165) is 12.3 Å². The van der Waals surface area contributed by atoms with Gasteiger partial charge in [0, 0.05) is 0 Å². The van der Waals surface area contributed by atoms with Crippen LogP contribution < -0.4 is 0 Å². The molecule has 0 aromatic carbocycles. The minimum atomic E-state index is 0.171. The smallest absolute Gasteiger partial charge is 0.000406 e. The van der Waals surface area contributed by atoms with Gasteiger partial charge < -0.3 is 0 Å². The summed E-state index contributed by atoms with van der Waals surface area (Å²) in [5.74, 6) is 3.19. The van der Waals surface area contributed by atoms with Crippen molar-refractivity contribution in [2.75, 3.05) is 0 Å². The van der Waals surface area contributed by atoms with Gasteiger partial charge in [0.15, 0.2) is 0 Å². The Labute approximate surface area is 254 Å². The Morgan fingerprint density at radius 3 is 2.29 bits per heavy atom. The molecule has 0 aromatic rings. The standard InChI is InChI=1S/C41H62/c1-10-12-14-15-26-41-28-31(39(6,7)8)21-24-36(41)33-22-20-30(38(3,4)5)27-34(33)37(41)40(9,25-13-11-2)35-23-19-29-17-16-18-32(29)35/h11,20-22,24,27-28,33-37H,2,10,12-19,23,25-26H2,1,3-9H3. The molecule has 1 fully saturated rings. The lowest BCUT2D eigenvalue weighted by molar-refractivity contribution is 0.00606. The van der Waals surface area contributed by atoms with E-state index in [1.54, 1.807) is 11.1 Å². The molecule has 0 aromatic heterocycles. The van der Waals surface area contributed by atoms with Gasteiger partial charge in [-0.25, -0.2) is 0 Å². The Morgan fingerprint density at radius 2 is 1.61 bits per heavy atom. The summed E-state index contributed by atoms with van der Waals surface area (Å²) in [6, 6.07) is 0. The first kappa shape index (κ1) is 30.9. The van der Waals surface area contributed by atoms with E-state index in [-0.39, 0.29) is 21.7 Å². The maximum atomic E-state index is 4.26. The van der Waals surface area contributed by atoms with E-state index in [9.17, 15) is 0 Å². The molecular formula is C41H62. The lowest BCUT2D eigenvalue weighted by atomic mass is 9.50. The third-order valence-electron chi connectivity index (χ3n) is 12.3. The van der Waals surface area contributed by atoms with Crippen LogP contribution in [0.25, 0.3) is 0 Å². The molecule has 7 atom stereocenters. The maximum absolute atomic E-state index is 4.26. The van der Waals surface area contributed by atoms with Gasteiger partial charge in [-0.1, -0.05) is 135 Å².